The zero-order valence-electron chi connectivity index (χ0n) is 6.48. The minimum Gasteiger partial charge on any atom is -0.0620 e. The van der Waals surface area contributed by atoms with Crippen molar-refractivity contribution in [3.63, 3.8) is 0 Å². The van der Waals surface area contributed by atoms with Crippen molar-refractivity contribution >= 4 is 0 Å². The summed E-state index contributed by atoms with van der Waals surface area (Å²) in [5.41, 5.74) is 0.861. The second-order valence-corrected chi connectivity index (χ2v) is 4.12. The van der Waals surface area contributed by atoms with E-state index in [0.29, 0.717) is 0 Å². The van der Waals surface area contributed by atoms with Gasteiger partial charge in [-0.25, -0.2) is 0 Å². The van der Waals surface area contributed by atoms with Crippen molar-refractivity contribution in [3.8, 4) is 0 Å². The minimum absolute atomic E-state index is 0.861. The summed E-state index contributed by atoms with van der Waals surface area (Å²) in [5.74, 6) is 2.11. The van der Waals surface area contributed by atoms with E-state index in [4.69, 9.17) is 0 Å². The molecule has 2 aliphatic rings. The third-order valence-electron chi connectivity index (χ3n) is 3.95. The maximum atomic E-state index is 2.43. The first-order chi connectivity index (χ1) is 4.26. The van der Waals surface area contributed by atoms with Crippen LogP contribution in [0.5, 0.6) is 0 Å². The van der Waals surface area contributed by atoms with Gasteiger partial charge in [-0.2, -0.15) is 0 Å². The van der Waals surface area contributed by atoms with E-state index in [0.717, 1.165) is 17.3 Å². The Morgan fingerprint density at radius 2 is 1.67 bits per heavy atom. The fourth-order valence-corrected chi connectivity index (χ4v) is 2.90. The molecule has 0 bridgehead atoms. The summed E-state index contributed by atoms with van der Waals surface area (Å²) in [5, 5.41) is 0. The maximum Gasteiger partial charge on any atom is -0.0246 e. The Bertz CT molecular complexity index is 112. The molecule has 0 aromatic heterocycles. The van der Waals surface area contributed by atoms with E-state index >= 15 is 0 Å². The summed E-state index contributed by atoms with van der Waals surface area (Å²) in [6, 6.07) is 0. The van der Waals surface area contributed by atoms with Crippen LogP contribution in [-0.2, 0) is 0 Å². The van der Waals surface area contributed by atoms with Gasteiger partial charge in [0.05, 0.1) is 0 Å². The molecule has 0 aromatic carbocycles. The Kier molecular flexibility index (Phi) is 0.980. The Hall–Kier alpha value is 0. The summed E-state index contributed by atoms with van der Waals surface area (Å²) in [4.78, 5) is 0. The molecule has 0 radical (unpaired) electrons. The fraction of sp³-hybridized carbons (Fsp3) is 1.00. The Balaban J connectivity index is 2.08. The van der Waals surface area contributed by atoms with E-state index in [9.17, 15) is 0 Å². The van der Waals surface area contributed by atoms with Gasteiger partial charge in [-0.05, 0) is 36.5 Å². The van der Waals surface area contributed by atoms with Crippen molar-refractivity contribution in [1.29, 1.82) is 0 Å². The third kappa shape index (κ3) is 0.500. The van der Waals surface area contributed by atoms with Gasteiger partial charge in [0.1, 0.15) is 0 Å². The van der Waals surface area contributed by atoms with Crippen molar-refractivity contribution < 1.29 is 0 Å². The molecule has 1 spiro atoms. The van der Waals surface area contributed by atoms with Crippen LogP contribution in [0.2, 0.25) is 0 Å². The molecule has 2 rings (SSSR count). The number of rotatable bonds is 0. The largest absolute Gasteiger partial charge is 0.0620 e. The summed E-state index contributed by atoms with van der Waals surface area (Å²) in [7, 11) is 0. The summed E-state index contributed by atoms with van der Waals surface area (Å²) in [6.45, 7) is 4.86. The van der Waals surface area contributed by atoms with Gasteiger partial charge in [0.2, 0.25) is 0 Å². The van der Waals surface area contributed by atoms with Gasteiger partial charge in [-0.15, -0.1) is 0 Å². The molecule has 2 unspecified atom stereocenters. The molecule has 52 valence electrons. The van der Waals surface area contributed by atoms with Crippen LogP contribution in [0.1, 0.15) is 39.5 Å². The van der Waals surface area contributed by atoms with Gasteiger partial charge in [0.15, 0.2) is 0 Å². The molecule has 0 heterocycles. The Labute approximate surface area is 57.6 Å². The second-order valence-electron chi connectivity index (χ2n) is 4.12. The van der Waals surface area contributed by atoms with Crippen LogP contribution >= 0.6 is 0 Å². The molecule has 0 aromatic rings. The Morgan fingerprint density at radius 1 is 1.11 bits per heavy atom. The molecule has 0 nitrogen and oxygen atoms in total. The van der Waals surface area contributed by atoms with Crippen molar-refractivity contribution in [2.45, 2.75) is 39.5 Å². The lowest BCUT2D eigenvalue weighted by Crippen LogP contribution is -2.51. The molecule has 0 saturated heterocycles. The molecule has 0 N–H and O–H groups in total. The molecule has 0 amide bonds. The van der Waals surface area contributed by atoms with Crippen LogP contribution in [0.3, 0.4) is 0 Å². The number of hydrogen-bond donors (Lipinski definition) is 0. The summed E-state index contributed by atoms with van der Waals surface area (Å²) >= 11 is 0. The van der Waals surface area contributed by atoms with Crippen LogP contribution in [0.25, 0.3) is 0 Å². The van der Waals surface area contributed by atoms with Gasteiger partial charge in [0.25, 0.3) is 0 Å². The SMILES string of the molecule is CC1CC(C)C12CCC2. The van der Waals surface area contributed by atoms with Crippen LogP contribution in [0.4, 0.5) is 0 Å². The topological polar surface area (TPSA) is 0 Å². The average Bonchev–Trinajstić information content (AvgIpc) is 1.60. The monoisotopic (exact) mass is 124 g/mol. The first kappa shape index (κ1) is 5.76. The minimum atomic E-state index is 0.861. The van der Waals surface area contributed by atoms with Crippen molar-refractivity contribution in [2.75, 3.05) is 0 Å². The number of hydrogen-bond acceptors (Lipinski definition) is 0. The quantitative estimate of drug-likeness (QED) is 0.466. The van der Waals surface area contributed by atoms with Crippen molar-refractivity contribution in [2.24, 2.45) is 17.3 Å². The zero-order chi connectivity index (χ0) is 6.48. The molecular weight excluding hydrogens is 108 g/mol. The van der Waals surface area contributed by atoms with Crippen molar-refractivity contribution in [1.82, 2.24) is 0 Å². The molecule has 9 heavy (non-hydrogen) atoms. The molecular formula is C9H16. The summed E-state index contributed by atoms with van der Waals surface area (Å²) in [6.07, 6.45) is 6.08. The van der Waals surface area contributed by atoms with E-state index in [1.54, 1.807) is 0 Å². The molecule has 0 heteroatoms. The van der Waals surface area contributed by atoms with E-state index in [1.807, 2.05) is 0 Å². The first-order valence-electron chi connectivity index (χ1n) is 4.26. The molecule has 2 aliphatic carbocycles. The van der Waals surface area contributed by atoms with Crippen LogP contribution < -0.4 is 0 Å². The van der Waals surface area contributed by atoms with Crippen LogP contribution in [0, 0.1) is 17.3 Å². The normalized spacial score (nSPS) is 46.0. The molecule has 2 atom stereocenters. The van der Waals surface area contributed by atoms with E-state index in [2.05, 4.69) is 13.8 Å². The standard InChI is InChI=1S/C9H16/c1-7-6-8(2)9(7)4-3-5-9/h7-8H,3-6H2,1-2H3. The first-order valence-corrected chi connectivity index (χ1v) is 4.26. The van der Waals surface area contributed by atoms with E-state index < -0.39 is 0 Å². The Morgan fingerprint density at radius 3 is 1.78 bits per heavy atom. The van der Waals surface area contributed by atoms with Crippen molar-refractivity contribution in [3.05, 3.63) is 0 Å². The molecule has 2 saturated carbocycles. The smallest absolute Gasteiger partial charge is 0.0246 e. The van der Waals surface area contributed by atoms with Gasteiger partial charge in [-0.1, -0.05) is 20.3 Å². The highest BCUT2D eigenvalue weighted by Gasteiger charge is 2.53. The lowest BCUT2D eigenvalue weighted by molar-refractivity contribution is -0.100. The highest BCUT2D eigenvalue weighted by Crippen LogP contribution is 2.62. The van der Waals surface area contributed by atoms with Gasteiger partial charge in [-0.3, -0.25) is 0 Å². The highest BCUT2D eigenvalue weighted by molar-refractivity contribution is 5.03. The molecule has 0 aliphatic heterocycles. The predicted octanol–water partition coefficient (Wildman–Crippen LogP) is 2.83. The predicted molar refractivity (Wildman–Crippen MR) is 39.2 cm³/mol. The average molecular weight is 124 g/mol. The second kappa shape index (κ2) is 1.53. The van der Waals surface area contributed by atoms with E-state index in [1.165, 1.54) is 25.7 Å². The zero-order valence-corrected chi connectivity index (χ0v) is 6.48. The van der Waals surface area contributed by atoms with Gasteiger partial charge < -0.3 is 0 Å². The van der Waals surface area contributed by atoms with Gasteiger partial charge in [0, 0.05) is 0 Å². The van der Waals surface area contributed by atoms with E-state index in [-0.39, 0.29) is 0 Å². The maximum absolute atomic E-state index is 2.43. The van der Waals surface area contributed by atoms with Gasteiger partial charge >= 0.3 is 0 Å². The lowest BCUT2D eigenvalue weighted by Gasteiger charge is -2.60. The summed E-state index contributed by atoms with van der Waals surface area (Å²) < 4.78 is 0. The fourth-order valence-electron chi connectivity index (χ4n) is 2.90. The third-order valence-corrected chi connectivity index (χ3v) is 3.95. The lowest BCUT2D eigenvalue weighted by atomic mass is 9.45. The van der Waals surface area contributed by atoms with Crippen LogP contribution in [0.15, 0.2) is 0 Å². The molecule has 2 fully saturated rings. The highest BCUT2D eigenvalue weighted by atomic mass is 14.6. The van der Waals surface area contributed by atoms with Crippen LogP contribution in [-0.4, -0.2) is 0 Å².